The second kappa shape index (κ2) is 8.73. The molecule has 0 saturated carbocycles. The van der Waals surface area contributed by atoms with Gasteiger partial charge in [0.05, 0.1) is 24.8 Å². The third-order valence-electron chi connectivity index (χ3n) is 4.72. The molecule has 150 valence electrons. The van der Waals surface area contributed by atoms with E-state index < -0.39 is 5.97 Å². The zero-order valence-corrected chi connectivity index (χ0v) is 17.2. The number of nitrogens with one attached hydrogen (secondary N) is 2. The Morgan fingerprint density at radius 2 is 1.93 bits per heavy atom. The zero-order chi connectivity index (χ0) is 21.0. The Morgan fingerprint density at radius 1 is 1.25 bits per heavy atom. The molecule has 1 aromatic heterocycles. The van der Waals surface area contributed by atoms with Crippen LogP contribution >= 0.6 is 0 Å². The molecule has 2 N–H and O–H groups in total. The number of H-pyrrole nitrogens is 1. The Kier molecular flexibility index (Phi) is 6.62. The van der Waals surface area contributed by atoms with Gasteiger partial charge in [-0.15, -0.1) is 0 Å². The molecule has 1 aromatic carbocycles. The highest BCUT2D eigenvalue weighted by atomic mass is 16.5. The molecule has 0 saturated heterocycles. The van der Waals surface area contributed by atoms with E-state index >= 15 is 0 Å². The number of rotatable bonds is 7. The van der Waals surface area contributed by atoms with Crippen LogP contribution in [0.1, 0.15) is 52.9 Å². The van der Waals surface area contributed by atoms with Crippen molar-refractivity contribution in [3.8, 4) is 0 Å². The maximum absolute atomic E-state index is 12.6. The number of hydrogen-bond acceptors (Lipinski definition) is 5. The molecule has 2 rings (SSSR count). The first-order valence-electron chi connectivity index (χ1n) is 9.09. The van der Waals surface area contributed by atoms with Crippen molar-refractivity contribution in [2.45, 2.75) is 40.2 Å². The fourth-order valence-corrected chi connectivity index (χ4v) is 2.99. The largest absolute Gasteiger partial charge is 0.465 e. The number of methoxy groups -OCH3 is 1. The Hall–Kier alpha value is -3.09. The predicted octanol–water partition coefficient (Wildman–Crippen LogP) is 3.34. The van der Waals surface area contributed by atoms with E-state index in [-0.39, 0.29) is 23.7 Å². The second-order valence-electron chi connectivity index (χ2n) is 7.01. The van der Waals surface area contributed by atoms with Crippen molar-refractivity contribution in [3.63, 3.8) is 0 Å². The van der Waals surface area contributed by atoms with Gasteiger partial charge in [-0.2, -0.15) is 0 Å². The fraction of sp³-hybridized carbons (Fsp3) is 0.381. The molecule has 7 nitrogen and oxygen atoms in total. The molecule has 2 aromatic rings. The van der Waals surface area contributed by atoms with Gasteiger partial charge >= 0.3 is 5.97 Å². The molecular formula is C21H27N3O4. The average molecular weight is 385 g/mol. The summed E-state index contributed by atoms with van der Waals surface area (Å²) in [5.74, 6) is -1.09. The summed E-state index contributed by atoms with van der Waals surface area (Å²) in [7, 11) is 3.25. The van der Waals surface area contributed by atoms with E-state index in [1.807, 2.05) is 25.2 Å². The summed E-state index contributed by atoms with van der Waals surface area (Å²) in [4.78, 5) is 41.5. The van der Waals surface area contributed by atoms with Gasteiger partial charge in [-0.25, -0.2) is 4.79 Å². The minimum Gasteiger partial charge on any atom is -0.465 e. The van der Waals surface area contributed by atoms with E-state index in [9.17, 15) is 14.4 Å². The molecular weight excluding hydrogens is 358 g/mol. The summed E-state index contributed by atoms with van der Waals surface area (Å²) in [6, 6.07) is 7.85. The van der Waals surface area contributed by atoms with Gasteiger partial charge in [0, 0.05) is 37.1 Å². The number of ketones is 1. The molecule has 0 unspecified atom stereocenters. The summed E-state index contributed by atoms with van der Waals surface area (Å²) in [6.07, 6.45) is -0.0806. The molecule has 0 atom stereocenters. The number of Topliss-reactive ketones (excluding diaryl/α,β-unsaturated/α-hetero) is 1. The van der Waals surface area contributed by atoms with Gasteiger partial charge < -0.3 is 19.9 Å². The van der Waals surface area contributed by atoms with Gasteiger partial charge in [0.15, 0.2) is 5.78 Å². The number of carbonyl (C=O) groups excluding carboxylic acids is 3. The predicted molar refractivity (Wildman–Crippen MR) is 109 cm³/mol. The number of esters is 1. The van der Waals surface area contributed by atoms with Crippen LogP contribution in [0.4, 0.5) is 11.4 Å². The fourth-order valence-electron chi connectivity index (χ4n) is 2.99. The molecule has 0 spiro atoms. The van der Waals surface area contributed by atoms with Crippen molar-refractivity contribution in [1.82, 2.24) is 4.98 Å². The van der Waals surface area contributed by atoms with Gasteiger partial charge in [-0.05, 0) is 44.5 Å². The molecule has 0 aliphatic carbocycles. The van der Waals surface area contributed by atoms with Gasteiger partial charge in [-0.3, -0.25) is 9.59 Å². The Morgan fingerprint density at radius 3 is 2.50 bits per heavy atom. The number of aromatic nitrogens is 1. The number of nitrogens with zero attached hydrogens (tertiary/aromatic N) is 1. The topological polar surface area (TPSA) is 91.5 Å². The number of anilines is 2. The summed E-state index contributed by atoms with van der Waals surface area (Å²) < 4.78 is 4.81. The standard InChI is InChI=1S/C21H27N3O4/c1-12(2)24(5)16-9-7-8-15(10-16)22-18(26)11-17-19(21(27)28-6)13(3)20(23-17)14(4)25/h7-10,12,23H,11H2,1-6H3,(H,22,26). The zero-order valence-electron chi connectivity index (χ0n) is 17.2. The van der Waals surface area contributed by atoms with E-state index in [4.69, 9.17) is 4.74 Å². The first-order chi connectivity index (χ1) is 13.1. The molecule has 0 aliphatic rings. The molecule has 7 heteroatoms. The van der Waals surface area contributed by atoms with E-state index in [2.05, 4.69) is 29.0 Å². The van der Waals surface area contributed by atoms with Crippen molar-refractivity contribution in [3.05, 3.63) is 46.8 Å². The molecule has 0 aliphatic heterocycles. The average Bonchev–Trinajstić information content (AvgIpc) is 2.96. The highest BCUT2D eigenvalue weighted by molar-refractivity contribution is 6.02. The van der Waals surface area contributed by atoms with Crippen LogP contribution in [0.2, 0.25) is 0 Å². The number of carbonyl (C=O) groups is 3. The van der Waals surface area contributed by atoms with Crippen molar-refractivity contribution in [2.75, 3.05) is 24.4 Å². The van der Waals surface area contributed by atoms with E-state index in [1.165, 1.54) is 14.0 Å². The number of aromatic amines is 1. The highest BCUT2D eigenvalue weighted by Crippen LogP contribution is 2.23. The monoisotopic (exact) mass is 385 g/mol. The van der Waals surface area contributed by atoms with Crippen LogP contribution in [0.3, 0.4) is 0 Å². The Labute approximate surface area is 165 Å². The van der Waals surface area contributed by atoms with E-state index in [0.717, 1.165) is 5.69 Å². The second-order valence-corrected chi connectivity index (χ2v) is 7.01. The lowest BCUT2D eigenvalue weighted by Gasteiger charge is -2.24. The van der Waals surface area contributed by atoms with Crippen LogP contribution in [0.25, 0.3) is 0 Å². The van der Waals surface area contributed by atoms with Gasteiger partial charge in [0.1, 0.15) is 0 Å². The number of benzene rings is 1. The Balaban J connectivity index is 2.24. The van der Waals surface area contributed by atoms with Crippen LogP contribution < -0.4 is 10.2 Å². The smallest absolute Gasteiger partial charge is 0.339 e. The lowest BCUT2D eigenvalue weighted by Crippen LogP contribution is -2.25. The van der Waals surface area contributed by atoms with Crippen LogP contribution in [-0.2, 0) is 16.0 Å². The summed E-state index contributed by atoms with van der Waals surface area (Å²) in [5, 5.41) is 2.84. The van der Waals surface area contributed by atoms with Crippen molar-refractivity contribution in [2.24, 2.45) is 0 Å². The minimum absolute atomic E-state index is 0.0806. The van der Waals surface area contributed by atoms with Crippen LogP contribution in [0.5, 0.6) is 0 Å². The van der Waals surface area contributed by atoms with Gasteiger partial charge in [0.25, 0.3) is 0 Å². The van der Waals surface area contributed by atoms with Gasteiger partial charge in [-0.1, -0.05) is 6.07 Å². The first-order valence-corrected chi connectivity index (χ1v) is 9.09. The van der Waals surface area contributed by atoms with Crippen molar-refractivity contribution in [1.29, 1.82) is 0 Å². The maximum Gasteiger partial charge on any atom is 0.339 e. The van der Waals surface area contributed by atoms with E-state index in [1.54, 1.807) is 13.0 Å². The maximum atomic E-state index is 12.6. The molecule has 0 fully saturated rings. The summed E-state index contributed by atoms with van der Waals surface area (Å²) in [5.41, 5.74) is 3.03. The lowest BCUT2D eigenvalue weighted by atomic mass is 10.1. The molecule has 1 heterocycles. The third kappa shape index (κ3) is 4.60. The SMILES string of the molecule is COC(=O)c1c(CC(=O)Nc2cccc(N(C)C(C)C)c2)[nH]c(C(C)=O)c1C. The number of hydrogen-bond donors (Lipinski definition) is 2. The lowest BCUT2D eigenvalue weighted by molar-refractivity contribution is -0.115. The summed E-state index contributed by atoms with van der Waals surface area (Å²) >= 11 is 0. The Bertz CT molecular complexity index is 899. The molecule has 0 bridgehead atoms. The normalized spacial score (nSPS) is 10.7. The summed E-state index contributed by atoms with van der Waals surface area (Å²) in [6.45, 7) is 7.23. The number of amides is 1. The van der Waals surface area contributed by atoms with Crippen molar-refractivity contribution >= 4 is 29.0 Å². The third-order valence-corrected chi connectivity index (χ3v) is 4.72. The first kappa shape index (κ1) is 21.2. The number of ether oxygens (including phenoxy) is 1. The van der Waals surface area contributed by atoms with Crippen LogP contribution in [0.15, 0.2) is 24.3 Å². The highest BCUT2D eigenvalue weighted by Gasteiger charge is 2.24. The minimum atomic E-state index is -0.579. The van der Waals surface area contributed by atoms with E-state index in [0.29, 0.717) is 28.7 Å². The van der Waals surface area contributed by atoms with Crippen LogP contribution in [-0.4, -0.2) is 42.8 Å². The quantitative estimate of drug-likeness (QED) is 0.563. The van der Waals surface area contributed by atoms with Crippen molar-refractivity contribution < 1.29 is 19.1 Å². The van der Waals surface area contributed by atoms with Gasteiger partial charge in [0.2, 0.25) is 5.91 Å². The van der Waals surface area contributed by atoms with Crippen LogP contribution in [0, 0.1) is 6.92 Å². The molecule has 28 heavy (non-hydrogen) atoms. The molecule has 1 amide bonds. The molecule has 0 radical (unpaired) electrons.